The van der Waals surface area contributed by atoms with Crippen LogP contribution in [0.4, 0.5) is 11.4 Å². The molecule has 1 atom stereocenters. The van der Waals surface area contributed by atoms with Crippen molar-refractivity contribution < 1.29 is 4.79 Å². The number of hydrogen-bond acceptors (Lipinski definition) is 3. The van der Waals surface area contributed by atoms with Crippen LogP contribution in [0.5, 0.6) is 0 Å². The molecule has 4 nitrogen and oxygen atoms in total. The molecule has 1 heterocycles. The maximum Gasteiger partial charge on any atom is 0.241 e. The van der Waals surface area contributed by atoms with Gasteiger partial charge in [-0.3, -0.25) is 4.79 Å². The summed E-state index contributed by atoms with van der Waals surface area (Å²) in [6.45, 7) is 4.24. The van der Waals surface area contributed by atoms with Gasteiger partial charge in [-0.15, -0.1) is 12.4 Å². The molecule has 0 bridgehead atoms. The van der Waals surface area contributed by atoms with Crippen LogP contribution in [0.1, 0.15) is 45.4 Å². The van der Waals surface area contributed by atoms with Crippen LogP contribution < -0.4 is 16.0 Å². The van der Waals surface area contributed by atoms with Crippen LogP contribution in [0.3, 0.4) is 0 Å². The van der Waals surface area contributed by atoms with Gasteiger partial charge in [-0.2, -0.15) is 0 Å². The summed E-state index contributed by atoms with van der Waals surface area (Å²) in [4.78, 5) is 14.4. The fourth-order valence-electron chi connectivity index (χ4n) is 2.79. The van der Waals surface area contributed by atoms with Crippen molar-refractivity contribution in [3.63, 3.8) is 0 Å². The predicted octanol–water partition coefficient (Wildman–Crippen LogP) is 3.55. The average Bonchev–Trinajstić information content (AvgIpc) is 2.77. The molecule has 1 saturated heterocycles. The second kappa shape index (κ2) is 9.70. The van der Waals surface area contributed by atoms with Crippen molar-refractivity contribution in [2.75, 3.05) is 23.3 Å². The molecule has 0 aromatic heterocycles. The van der Waals surface area contributed by atoms with Gasteiger partial charge in [0.2, 0.25) is 5.91 Å². The number of anilines is 2. The topological polar surface area (TPSA) is 58.4 Å². The van der Waals surface area contributed by atoms with E-state index in [1.54, 1.807) is 0 Å². The first-order valence-electron chi connectivity index (χ1n) is 8.12. The van der Waals surface area contributed by atoms with E-state index in [4.69, 9.17) is 5.73 Å². The van der Waals surface area contributed by atoms with E-state index in [2.05, 4.69) is 22.3 Å². The van der Waals surface area contributed by atoms with Gasteiger partial charge < -0.3 is 16.0 Å². The smallest absolute Gasteiger partial charge is 0.241 e. The second-order valence-electron chi connectivity index (χ2n) is 5.84. The monoisotopic (exact) mass is 325 g/mol. The summed E-state index contributed by atoms with van der Waals surface area (Å²) in [6, 6.07) is 7.69. The Labute approximate surface area is 139 Å². The maximum absolute atomic E-state index is 12.0. The number of hydrogen-bond donors (Lipinski definition) is 2. The zero-order valence-electron chi connectivity index (χ0n) is 13.4. The first-order chi connectivity index (χ1) is 10.2. The van der Waals surface area contributed by atoms with Crippen LogP contribution >= 0.6 is 12.4 Å². The summed E-state index contributed by atoms with van der Waals surface area (Å²) in [5.74, 6) is -0.0927. The standard InChI is InChI=1S/C17H27N3O.ClH/c1-2-8-16(18)17(21)19-14-9-7-10-15(13-14)20-11-5-3-4-6-12-20;/h7,9-10,13,16H,2-6,8,11-12,18H2,1H3,(H,19,21);1H. The van der Waals surface area contributed by atoms with E-state index in [1.165, 1.54) is 31.4 Å². The molecule has 1 aliphatic heterocycles. The third-order valence-corrected chi connectivity index (χ3v) is 4.02. The highest BCUT2D eigenvalue weighted by Crippen LogP contribution is 2.22. The van der Waals surface area contributed by atoms with E-state index in [1.807, 2.05) is 19.1 Å². The lowest BCUT2D eigenvalue weighted by molar-refractivity contribution is -0.117. The van der Waals surface area contributed by atoms with E-state index in [0.29, 0.717) is 0 Å². The van der Waals surface area contributed by atoms with Crippen molar-refractivity contribution in [3.05, 3.63) is 24.3 Å². The zero-order valence-corrected chi connectivity index (χ0v) is 14.2. The van der Waals surface area contributed by atoms with Crippen molar-refractivity contribution in [3.8, 4) is 0 Å². The molecule has 2 rings (SSSR count). The minimum absolute atomic E-state index is 0. The lowest BCUT2D eigenvalue weighted by atomic mass is 10.1. The molecule has 124 valence electrons. The molecule has 1 unspecified atom stereocenters. The molecule has 3 N–H and O–H groups in total. The number of nitrogens with two attached hydrogens (primary N) is 1. The van der Waals surface area contributed by atoms with Crippen LogP contribution in [-0.4, -0.2) is 25.0 Å². The predicted molar refractivity (Wildman–Crippen MR) is 95.9 cm³/mol. The van der Waals surface area contributed by atoms with Crippen LogP contribution in [-0.2, 0) is 4.79 Å². The Morgan fingerprint density at radius 2 is 1.95 bits per heavy atom. The van der Waals surface area contributed by atoms with E-state index < -0.39 is 6.04 Å². The number of nitrogens with zero attached hydrogens (tertiary/aromatic N) is 1. The van der Waals surface area contributed by atoms with E-state index in [-0.39, 0.29) is 18.3 Å². The highest BCUT2D eigenvalue weighted by Gasteiger charge is 2.14. The lowest BCUT2D eigenvalue weighted by Gasteiger charge is -2.23. The molecule has 0 aliphatic carbocycles. The number of rotatable bonds is 5. The Morgan fingerprint density at radius 1 is 1.27 bits per heavy atom. The number of amides is 1. The lowest BCUT2D eigenvalue weighted by Crippen LogP contribution is -2.35. The molecule has 1 amide bonds. The van der Waals surface area contributed by atoms with Gasteiger partial charge in [0.1, 0.15) is 0 Å². The van der Waals surface area contributed by atoms with Gasteiger partial charge in [-0.1, -0.05) is 32.3 Å². The Morgan fingerprint density at radius 3 is 2.59 bits per heavy atom. The Kier molecular flexibility index (Phi) is 8.28. The number of nitrogens with one attached hydrogen (secondary N) is 1. The molecular weight excluding hydrogens is 298 g/mol. The molecule has 1 aliphatic rings. The first kappa shape index (κ1) is 18.8. The van der Waals surface area contributed by atoms with Crippen molar-refractivity contribution in [2.45, 2.75) is 51.5 Å². The minimum Gasteiger partial charge on any atom is -0.371 e. The van der Waals surface area contributed by atoms with Gasteiger partial charge in [0.25, 0.3) is 0 Å². The fourth-order valence-corrected chi connectivity index (χ4v) is 2.79. The second-order valence-corrected chi connectivity index (χ2v) is 5.84. The summed E-state index contributed by atoms with van der Waals surface area (Å²) in [5.41, 5.74) is 7.89. The van der Waals surface area contributed by atoms with Crippen LogP contribution in [0.15, 0.2) is 24.3 Å². The summed E-state index contributed by atoms with van der Waals surface area (Å²) in [6.07, 6.45) is 6.77. The van der Waals surface area contributed by atoms with Gasteiger partial charge >= 0.3 is 0 Å². The summed E-state index contributed by atoms with van der Waals surface area (Å²) < 4.78 is 0. The van der Waals surface area contributed by atoms with E-state index in [0.717, 1.165) is 31.6 Å². The Hall–Kier alpha value is -1.26. The summed E-state index contributed by atoms with van der Waals surface area (Å²) >= 11 is 0. The molecule has 1 aromatic carbocycles. The largest absolute Gasteiger partial charge is 0.371 e. The molecule has 0 radical (unpaired) electrons. The molecular formula is C17H28ClN3O. The zero-order chi connectivity index (χ0) is 15.1. The molecule has 0 saturated carbocycles. The van der Waals surface area contributed by atoms with Crippen molar-refractivity contribution >= 4 is 29.7 Å². The van der Waals surface area contributed by atoms with Crippen molar-refractivity contribution in [1.29, 1.82) is 0 Å². The third kappa shape index (κ3) is 5.50. The molecule has 0 spiro atoms. The number of carbonyl (C=O) groups is 1. The highest BCUT2D eigenvalue weighted by atomic mass is 35.5. The van der Waals surface area contributed by atoms with Crippen molar-refractivity contribution in [1.82, 2.24) is 0 Å². The Balaban J connectivity index is 0.00000242. The number of halogens is 1. The average molecular weight is 326 g/mol. The SMILES string of the molecule is CCCC(N)C(=O)Nc1cccc(N2CCCCCC2)c1.Cl. The third-order valence-electron chi connectivity index (χ3n) is 4.02. The van der Waals surface area contributed by atoms with Gasteiger partial charge in [0.15, 0.2) is 0 Å². The van der Waals surface area contributed by atoms with Crippen LogP contribution in [0.2, 0.25) is 0 Å². The van der Waals surface area contributed by atoms with Crippen molar-refractivity contribution in [2.24, 2.45) is 5.73 Å². The number of carbonyl (C=O) groups excluding carboxylic acids is 1. The molecule has 1 fully saturated rings. The maximum atomic E-state index is 12.0. The highest BCUT2D eigenvalue weighted by molar-refractivity contribution is 5.95. The van der Waals surface area contributed by atoms with Crippen LogP contribution in [0, 0.1) is 0 Å². The minimum atomic E-state index is -0.420. The van der Waals surface area contributed by atoms with Gasteiger partial charge in [0.05, 0.1) is 6.04 Å². The molecule has 1 aromatic rings. The number of benzene rings is 1. The first-order valence-corrected chi connectivity index (χ1v) is 8.12. The Bertz CT molecular complexity index is 459. The fraction of sp³-hybridized carbons (Fsp3) is 0.588. The van der Waals surface area contributed by atoms with Crippen LogP contribution in [0.25, 0.3) is 0 Å². The molecule has 22 heavy (non-hydrogen) atoms. The molecule has 5 heteroatoms. The van der Waals surface area contributed by atoms with Gasteiger partial charge in [-0.05, 0) is 37.5 Å². The quantitative estimate of drug-likeness (QED) is 0.870. The van der Waals surface area contributed by atoms with E-state index >= 15 is 0 Å². The summed E-state index contributed by atoms with van der Waals surface area (Å²) in [5, 5.41) is 2.93. The van der Waals surface area contributed by atoms with Gasteiger partial charge in [0, 0.05) is 24.5 Å². The summed E-state index contributed by atoms with van der Waals surface area (Å²) in [7, 11) is 0. The van der Waals surface area contributed by atoms with E-state index in [9.17, 15) is 4.79 Å². The van der Waals surface area contributed by atoms with Gasteiger partial charge in [-0.25, -0.2) is 0 Å². The normalized spacial score (nSPS) is 16.4.